The minimum Gasteiger partial charge on any atom is -0.330 e. The first-order valence-electron chi connectivity index (χ1n) is 6.23. The Balaban J connectivity index is 2.19. The van der Waals surface area contributed by atoms with Crippen LogP contribution < -0.4 is 0 Å². The molecule has 0 atom stereocenters. The SMILES string of the molecule is CCc1ccsc1Cn1c(=S)[nH]c2ccc(F)c(F)c21. The maximum Gasteiger partial charge on any atom is 0.184 e. The average molecular weight is 310 g/mol. The van der Waals surface area contributed by atoms with Gasteiger partial charge in [-0.15, -0.1) is 11.3 Å². The third-order valence-corrected chi connectivity index (χ3v) is 4.62. The first kappa shape index (κ1) is 13.5. The summed E-state index contributed by atoms with van der Waals surface area (Å²) >= 11 is 6.83. The highest BCUT2D eigenvalue weighted by Gasteiger charge is 2.15. The fourth-order valence-electron chi connectivity index (χ4n) is 2.30. The van der Waals surface area contributed by atoms with Gasteiger partial charge in [-0.1, -0.05) is 6.92 Å². The number of imidazole rings is 1. The highest BCUT2D eigenvalue weighted by molar-refractivity contribution is 7.71. The Hall–Kier alpha value is -1.53. The zero-order chi connectivity index (χ0) is 14.3. The van der Waals surface area contributed by atoms with E-state index in [4.69, 9.17) is 12.2 Å². The van der Waals surface area contributed by atoms with Crippen LogP contribution in [0.4, 0.5) is 8.78 Å². The van der Waals surface area contributed by atoms with Crippen molar-refractivity contribution in [1.82, 2.24) is 9.55 Å². The third-order valence-electron chi connectivity index (χ3n) is 3.35. The van der Waals surface area contributed by atoms with E-state index in [-0.39, 0.29) is 5.52 Å². The molecular formula is C14H12F2N2S2. The van der Waals surface area contributed by atoms with Crippen molar-refractivity contribution < 1.29 is 8.78 Å². The fraction of sp³-hybridized carbons (Fsp3) is 0.214. The molecule has 0 aliphatic carbocycles. The number of aromatic amines is 1. The minimum absolute atomic E-state index is 0.199. The van der Waals surface area contributed by atoms with Crippen LogP contribution in [0, 0.1) is 16.4 Å². The first-order chi connectivity index (χ1) is 9.61. The Labute approximate surface area is 123 Å². The van der Waals surface area contributed by atoms with Gasteiger partial charge in [-0.25, -0.2) is 8.78 Å². The summed E-state index contributed by atoms with van der Waals surface area (Å²) in [6.07, 6.45) is 0.908. The topological polar surface area (TPSA) is 20.7 Å². The van der Waals surface area contributed by atoms with Crippen molar-refractivity contribution >= 4 is 34.6 Å². The van der Waals surface area contributed by atoms with E-state index in [1.54, 1.807) is 15.9 Å². The molecule has 0 radical (unpaired) electrons. The zero-order valence-electron chi connectivity index (χ0n) is 10.7. The second-order valence-electron chi connectivity index (χ2n) is 4.50. The maximum atomic E-state index is 14.0. The van der Waals surface area contributed by atoms with E-state index in [1.807, 2.05) is 5.38 Å². The summed E-state index contributed by atoms with van der Waals surface area (Å²) in [7, 11) is 0. The van der Waals surface area contributed by atoms with Crippen LogP contribution >= 0.6 is 23.6 Å². The summed E-state index contributed by atoms with van der Waals surface area (Å²) in [6, 6.07) is 4.67. The van der Waals surface area contributed by atoms with E-state index < -0.39 is 11.6 Å². The van der Waals surface area contributed by atoms with E-state index in [2.05, 4.69) is 18.0 Å². The number of halogens is 2. The minimum atomic E-state index is -0.859. The van der Waals surface area contributed by atoms with Crippen LogP contribution in [0.2, 0.25) is 0 Å². The molecule has 2 heterocycles. The van der Waals surface area contributed by atoms with Gasteiger partial charge in [-0.3, -0.25) is 0 Å². The predicted octanol–water partition coefficient (Wildman–Crippen LogP) is 4.65. The molecule has 3 aromatic rings. The number of hydrogen-bond donors (Lipinski definition) is 1. The van der Waals surface area contributed by atoms with Gasteiger partial charge in [-0.2, -0.15) is 0 Å². The molecule has 0 aliphatic rings. The van der Waals surface area contributed by atoms with Gasteiger partial charge in [0.1, 0.15) is 5.52 Å². The van der Waals surface area contributed by atoms with Gasteiger partial charge in [0.25, 0.3) is 0 Å². The van der Waals surface area contributed by atoms with Crippen LogP contribution in [0.5, 0.6) is 0 Å². The lowest BCUT2D eigenvalue weighted by atomic mass is 10.2. The molecule has 0 saturated carbocycles. The molecule has 1 N–H and O–H groups in total. The maximum absolute atomic E-state index is 14.0. The van der Waals surface area contributed by atoms with Gasteiger partial charge in [0, 0.05) is 4.88 Å². The van der Waals surface area contributed by atoms with E-state index in [1.165, 1.54) is 11.6 Å². The number of nitrogens with zero attached hydrogens (tertiary/aromatic N) is 1. The summed E-state index contributed by atoms with van der Waals surface area (Å²) in [5.74, 6) is -1.72. The molecule has 0 amide bonds. The fourth-order valence-corrected chi connectivity index (χ4v) is 3.53. The van der Waals surface area contributed by atoms with Crippen molar-refractivity contribution in [2.75, 3.05) is 0 Å². The molecule has 0 saturated heterocycles. The largest absolute Gasteiger partial charge is 0.330 e. The normalized spacial score (nSPS) is 11.3. The smallest absolute Gasteiger partial charge is 0.184 e. The predicted molar refractivity (Wildman–Crippen MR) is 79.8 cm³/mol. The summed E-state index contributed by atoms with van der Waals surface area (Å²) in [4.78, 5) is 4.04. The van der Waals surface area contributed by atoms with Crippen molar-refractivity contribution in [3.63, 3.8) is 0 Å². The lowest BCUT2D eigenvalue weighted by molar-refractivity contribution is 0.512. The quantitative estimate of drug-likeness (QED) is 0.698. The molecule has 0 unspecified atom stereocenters. The monoisotopic (exact) mass is 310 g/mol. The number of thiophene rings is 1. The average Bonchev–Trinajstić information content (AvgIpc) is 3.00. The van der Waals surface area contributed by atoms with E-state index in [0.717, 1.165) is 17.4 Å². The molecule has 2 nitrogen and oxygen atoms in total. The van der Waals surface area contributed by atoms with Crippen LogP contribution in [-0.2, 0) is 13.0 Å². The van der Waals surface area contributed by atoms with E-state index in [0.29, 0.717) is 16.8 Å². The van der Waals surface area contributed by atoms with Gasteiger partial charge < -0.3 is 9.55 Å². The molecule has 20 heavy (non-hydrogen) atoms. The van der Waals surface area contributed by atoms with Gasteiger partial charge in [0.15, 0.2) is 16.4 Å². The number of nitrogens with one attached hydrogen (secondary N) is 1. The van der Waals surface area contributed by atoms with Gasteiger partial charge >= 0.3 is 0 Å². The molecular weight excluding hydrogens is 298 g/mol. The number of rotatable bonds is 3. The lowest BCUT2D eigenvalue weighted by Crippen LogP contribution is -2.02. The van der Waals surface area contributed by atoms with Crippen LogP contribution in [0.3, 0.4) is 0 Å². The van der Waals surface area contributed by atoms with E-state index >= 15 is 0 Å². The van der Waals surface area contributed by atoms with Crippen molar-refractivity contribution in [2.24, 2.45) is 0 Å². The number of aryl methyl sites for hydroxylation is 1. The molecule has 0 fully saturated rings. The summed E-state index contributed by atoms with van der Waals surface area (Å²) in [5, 5.41) is 2.00. The standard InChI is InChI=1S/C14H12F2N2S2/c1-2-8-5-6-20-11(8)7-18-13-10(17-14(18)19)4-3-9(15)12(13)16/h3-6H,2,7H2,1H3,(H,17,19). The molecule has 6 heteroatoms. The van der Waals surface area contributed by atoms with Crippen LogP contribution in [0.1, 0.15) is 17.4 Å². The summed E-state index contributed by atoms with van der Waals surface area (Å²) in [5.41, 5.74) is 1.93. The molecule has 1 aromatic carbocycles. The Bertz CT molecular complexity index is 829. The van der Waals surface area contributed by atoms with Gasteiger partial charge in [-0.05, 0) is 47.8 Å². The molecule has 2 aromatic heterocycles. The molecule has 0 bridgehead atoms. The van der Waals surface area contributed by atoms with Crippen LogP contribution in [0.15, 0.2) is 23.6 Å². The Morgan fingerprint density at radius 1 is 1.30 bits per heavy atom. The van der Waals surface area contributed by atoms with Crippen LogP contribution in [0.25, 0.3) is 11.0 Å². The highest BCUT2D eigenvalue weighted by atomic mass is 32.1. The van der Waals surface area contributed by atoms with Crippen molar-refractivity contribution in [3.8, 4) is 0 Å². The molecule has 0 aliphatic heterocycles. The number of H-pyrrole nitrogens is 1. The van der Waals surface area contributed by atoms with Crippen molar-refractivity contribution in [3.05, 3.63) is 50.4 Å². The third kappa shape index (κ3) is 2.09. The highest BCUT2D eigenvalue weighted by Crippen LogP contribution is 2.24. The number of fused-ring (bicyclic) bond motifs is 1. The second kappa shape index (κ2) is 5.10. The summed E-state index contributed by atoms with van der Waals surface area (Å²) < 4.78 is 29.5. The zero-order valence-corrected chi connectivity index (χ0v) is 12.4. The van der Waals surface area contributed by atoms with Gasteiger partial charge in [0.05, 0.1) is 12.1 Å². The number of hydrogen-bond acceptors (Lipinski definition) is 2. The van der Waals surface area contributed by atoms with E-state index in [9.17, 15) is 8.78 Å². The number of aromatic nitrogens is 2. The Morgan fingerprint density at radius 2 is 2.10 bits per heavy atom. The summed E-state index contributed by atoms with van der Waals surface area (Å²) in [6.45, 7) is 2.53. The molecule has 3 rings (SSSR count). The van der Waals surface area contributed by atoms with Crippen molar-refractivity contribution in [1.29, 1.82) is 0 Å². The number of benzene rings is 1. The molecule has 104 valence electrons. The Kier molecular flexibility index (Phi) is 3.43. The van der Waals surface area contributed by atoms with Crippen molar-refractivity contribution in [2.45, 2.75) is 19.9 Å². The second-order valence-corrected chi connectivity index (χ2v) is 5.88. The first-order valence-corrected chi connectivity index (χ1v) is 7.52. The van der Waals surface area contributed by atoms with Crippen LogP contribution in [-0.4, -0.2) is 9.55 Å². The van der Waals surface area contributed by atoms with Gasteiger partial charge in [0.2, 0.25) is 0 Å². The molecule has 0 spiro atoms. The lowest BCUT2D eigenvalue weighted by Gasteiger charge is -2.06. The Morgan fingerprint density at radius 3 is 2.85 bits per heavy atom.